The fourth-order valence-corrected chi connectivity index (χ4v) is 3.78. The molecule has 3 nitrogen and oxygen atoms in total. The van der Waals surface area contributed by atoms with Crippen LogP contribution in [0.4, 0.5) is 0 Å². The Morgan fingerprint density at radius 1 is 1.59 bits per heavy atom. The lowest BCUT2D eigenvalue weighted by Crippen LogP contribution is -2.47. The van der Waals surface area contributed by atoms with Crippen molar-refractivity contribution in [2.45, 2.75) is 46.2 Å². The number of rotatable bonds is 3. The molecule has 0 spiro atoms. The zero-order chi connectivity index (χ0) is 12.5. The molecule has 0 saturated carbocycles. The summed E-state index contributed by atoms with van der Waals surface area (Å²) >= 11 is 2.03. The second-order valence-electron chi connectivity index (χ2n) is 5.56. The molecule has 0 aromatic carbocycles. The van der Waals surface area contributed by atoms with Crippen molar-refractivity contribution >= 4 is 11.8 Å². The van der Waals surface area contributed by atoms with Crippen LogP contribution >= 0.6 is 11.8 Å². The van der Waals surface area contributed by atoms with Crippen LogP contribution in [0.25, 0.3) is 0 Å². The van der Waals surface area contributed by atoms with Gasteiger partial charge in [0.2, 0.25) is 5.89 Å². The molecule has 1 aromatic heterocycles. The van der Waals surface area contributed by atoms with Gasteiger partial charge in [-0.15, -0.1) is 0 Å². The minimum atomic E-state index is 0.187. The maximum Gasteiger partial charge on any atom is 0.211 e. The third-order valence-electron chi connectivity index (χ3n) is 3.58. The minimum absolute atomic E-state index is 0.187. The zero-order valence-electron chi connectivity index (χ0n) is 11.1. The Kier molecular flexibility index (Phi) is 3.83. The summed E-state index contributed by atoms with van der Waals surface area (Å²) in [7, 11) is 0. The highest BCUT2D eigenvalue weighted by atomic mass is 32.2. The van der Waals surface area contributed by atoms with Gasteiger partial charge in [-0.05, 0) is 31.4 Å². The fraction of sp³-hybridized carbons (Fsp3) is 0.769. The van der Waals surface area contributed by atoms with Crippen molar-refractivity contribution in [3.63, 3.8) is 0 Å². The van der Waals surface area contributed by atoms with Crippen molar-refractivity contribution in [3.8, 4) is 0 Å². The molecule has 2 atom stereocenters. The van der Waals surface area contributed by atoms with Crippen molar-refractivity contribution in [1.82, 2.24) is 10.3 Å². The van der Waals surface area contributed by atoms with Crippen molar-refractivity contribution in [1.29, 1.82) is 0 Å². The topological polar surface area (TPSA) is 38.1 Å². The second kappa shape index (κ2) is 5.02. The number of nitrogens with zero attached hydrogens (tertiary/aromatic N) is 1. The molecule has 0 radical (unpaired) electrons. The molecule has 1 aliphatic heterocycles. The highest BCUT2D eigenvalue weighted by Gasteiger charge is 2.33. The molecular formula is C13H22N2OS. The first-order chi connectivity index (χ1) is 7.99. The Hall–Kier alpha value is -0.480. The predicted molar refractivity (Wildman–Crippen MR) is 72.3 cm³/mol. The van der Waals surface area contributed by atoms with E-state index in [1.165, 1.54) is 17.9 Å². The SMILES string of the molecule is Cc1cnc(C(C)NC2CSCCC2(C)C)o1. The van der Waals surface area contributed by atoms with E-state index in [0.717, 1.165) is 11.7 Å². The summed E-state index contributed by atoms with van der Waals surface area (Å²) in [4.78, 5) is 4.29. The Labute approximate surface area is 108 Å². The van der Waals surface area contributed by atoms with E-state index in [-0.39, 0.29) is 6.04 Å². The van der Waals surface area contributed by atoms with Gasteiger partial charge in [-0.1, -0.05) is 13.8 Å². The maximum atomic E-state index is 5.57. The Morgan fingerprint density at radius 2 is 2.35 bits per heavy atom. The van der Waals surface area contributed by atoms with Crippen LogP contribution in [0.1, 0.15) is 44.9 Å². The first-order valence-electron chi connectivity index (χ1n) is 6.25. The molecule has 2 unspecified atom stereocenters. The summed E-state index contributed by atoms with van der Waals surface area (Å²) in [5.41, 5.74) is 0.362. The average Bonchev–Trinajstić information content (AvgIpc) is 2.68. The van der Waals surface area contributed by atoms with Gasteiger partial charge in [0, 0.05) is 11.8 Å². The van der Waals surface area contributed by atoms with E-state index in [9.17, 15) is 0 Å². The Morgan fingerprint density at radius 3 is 2.94 bits per heavy atom. The van der Waals surface area contributed by atoms with E-state index in [4.69, 9.17) is 4.42 Å². The molecule has 1 fully saturated rings. The molecule has 96 valence electrons. The largest absolute Gasteiger partial charge is 0.444 e. The number of hydrogen-bond donors (Lipinski definition) is 1. The highest BCUT2D eigenvalue weighted by Crippen LogP contribution is 2.35. The predicted octanol–water partition coefficient (Wildman–Crippen LogP) is 3.17. The lowest BCUT2D eigenvalue weighted by atomic mass is 9.82. The second-order valence-corrected chi connectivity index (χ2v) is 6.71. The molecular weight excluding hydrogens is 232 g/mol. The van der Waals surface area contributed by atoms with Crippen LogP contribution in [0, 0.1) is 12.3 Å². The number of nitrogens with one attached hydrogen (secondary N) is 1. The maximum absolute atomic E-state index is 5.57. The van der Waals surface area contributed by atoms with Crippen molar-refractivity contribution in [3.05, 3.63) is 17.8 Å². The van der Waals surface area contributed by atoms with Crippen LogP contribution in [0.3, 0.4) is 0 Å². The molecule has 17 heavy (non-hydrogen) atoms. The zero-order valence-corrected chi connectivity index (χ0v) is 11.9. The van der Waals surface area contributed by atoms with Gasteiger partial charge in [0.1, 0.15) is 5.76 Å². The van der Waals surface area contributed by atoms with E-state index >= 15 is 0 Å². The van der Waals surface area contributed by atoms with Crippen LogP contribution in [0.15, 0.2) is 10.6 Å². The molecule has 1 N–H and O–H groups in total. The van der Waals surface area contributed by atoms with Gasteiger partial charge in [-0.2, -0.15) is 11.8 Å². The van der Waals surface area contributed by atoms with Gasteiger partial charge in [0.05, 0.1) is 12.2 Å². The normalized spacial score (nSPS) is 25.8. The first kappa shape index (κ1) is 13.0. The molecule has 0 bridgehead atoms. The molecule has 0 amide bonds. The number of hydrogen-bond acceptors (Lipinski definition) is 4. The lowest BCUT2D eigenvalue weighted by Gasteiger charge is -2.39. The molecule has 4 heteroatoms. The van der Waals surface area contributed by atoms with Gasteiger partial charge in [-0.3, -0.25) is 0 Å². The molecule has 1 saturated heterocycles. The van der Waals surface area contributed by atoms with Crippen molar-refractivity contribution < 1.29 is 4.42 Å². The smallest absolute Gasteiger partial charge is 0.211 e. The number of aryl methyl sites for hydroxylation is 1. The fourth-order valence-electron chi connectivity index (χ4n) is 2.16. The molecule has 1 aromatic rings. The Balaban J connectivity index is 2.00. The van der Waals surface area contributed by atoms with E-state index in [1.54, 1.807) is 6.20 Å². The van der Waals surface area contributed by atoms with Gasteiger partial charge < -0.3 is 9.73 Å². The van der Waals surface area contributed by atoms with Crippen molar-refractivity contribution in [2.75, 3.05) is 11.5 Å². The number of oxazole rings is 1. The molecule has 2 rings (SSSR count). The average molecular weight is 254 g/mol. The molecule has 2 heterocycles. The highest BCUT2D eigenvalue weighted by molar-refractivity contribution is 7.99. The van der Waals surface area contributed by atoms with Gasteiger partial charge in [0.25, 0.3) is 0 Å². The van der Waals surface area contributed by atoms with Gasteiger partial charge >= 0.3 is 0 Å². The molecule has 0 aliphatic carbocycles. The summed E-state index contributed by atoms with van der Waals surface area (Å²) < 4.78 is 5.57. The Bertz CT molecular complexity index is 375. The minimum Gasteiger partial charge on any atom is -0.444 e. The standard InChI is InChI=1S/C13H22N2OS/c1-9-7-14-12(16-9)10(2)15-11-8-17-6-5-13(11,3)4/h7,10-11,15H,5-6,8H2,1-4H3. The molecule has 1 aliphatic rings. The third-order valence-corrected chi connectivity index (χ3v) is 4.64. The number of thioether (sulfide) groups is 1. The summed E-state index contributed by atoms with van der Waals surface area (Å²) in [6.07, 6.45) is 3.06. The van der Waals surface area contributed by atoms with Gasteiger partial charge in [0.15, 0.2) is 0 Å². The monoisotopic (exact) mass is 254 g/mol. The van der Waals surface area contributed by atoms with Crippen LogP contribution in [0.5, 0.6) is 0 Å². The van der Waals surface area contributed by atoms with Crippen LogP contribution in [-0.4, -0.2) is 22.5 Å². The van der Waals surface area contributed by atoms with Crippen LogP contribution < -0.4 is 5.32 Å². The van der Waals surface area contributed by atoms with Crippen molar-refractivity contribution in [2.24, 2.45) is 5.41 Å². The number of aromatic nitrogens is 1. The summed E-state index contributed by atoms with van der Waals surface area (Å²) in [6.45, 7) is 8.75. The third kappa shape index (κ3) is 3.05. The van der Waals surface area contributed by atoms with Gasteiger partial charge in [-0.25, -0.2) is 4.98 Å². The summed E-state index contributed by atoms with van der Waals surface area (Å²) in [5.74, 6) is 4.13. The van der Waals surface area contributed by atoms with Crippen LogP contribution in [-0.2, 0) is 0 Å². The lowest BCUT2D eigenvalue weighted by molar-refractivity contribution is 0.222. The first-order valence-corrected chi connectivity index (χ1v) is 7.40. The van der Waals surface area contributed by atoms with E-state index < -0.39 is 0 Å². The summed E-state index contributed by atoms with van der Waals surface area (Å²) in [5, 5.41) is 3.66. The van der Waals surface area contributed by atoms with E-state index in [0.29, 0.717) is 11.5 Å². The van der Waals surface area contributed by atoms with E-state index in [2.05, 4.69) is 31.1 Å². The summed E-state index contributed by atoms with van der Waals surface area (Å²) in [6, 6.07) is 0.718. The quantitative estimate of drug-likeness (QED) is 0.899. The van der Waals surface area contributed by atoms with Crippen LogP contribution in [0.2, 0.25) is 0 Å². The van der Waals surface area contributed by atoms with E-state index in [1.807, 2.05) is 18.7 Å².